The number of amides is 1. The van der Waals surface area contributed by atoms with E-state index >= 15 is 0 Å². The predicted octanol–water partition coefficient (Wildman–Crippen LogP) is 4.26. The third kappa shape index (κ3) is 3.23. The van der Waals surface area contributed by atoms with Crippen LogP contribution in [0.3, 0.4) is 0 Å². The monoisotopic (exact) mass is 371 g/mol. The van der Waals surface area contributed by atoms with E-state index in [1.165, 1.54) is 12.1 Å². The van der Waals surface area contributed by atoms with Gasteiger partial charge in [0.25, 0.3) is 5.91 Å². The maximum absolute atomic E-state index is 12.7. The molecule has 0 radical (unpaired) electrons. The molecule has 0 aliphatic carbocycles. The number of nitrogens with one attached hydrogen (secondary N) is 1. The average Bonchev–Trinajstić information content (AvgIpc) is 3.13. The molecule has 4 aromatic rings. The van der Waals surface area contributed by atoms with Crippen LogP contribution in [-0.4, -0.2) is 26.4 Å². The van der Waals surface area contributed by atoms with Gasteiger partial charge < -0.3 is 14.8 Å². The number of benzene rings is 2. The lowest BCUT2D eigenvalue weighted by Crippen LogP contribution is -2.17. The van der Waals surface area contributed by atoms with Crippen molar-refractivity contribution >= 4 is 23.2 Å². The van der Waals surface area contributed by atoms with Crippen molar-refractivity contribution in [1.82, 2.24) is 9.38 Å². The Morgan fingerprint density at radius 3 is 2.50 bits per heavy atom. The van der Waals surface area contributed by atoms with Crippen LogP contribution in [0.2, 0.25) is 0 Å². The van der Waals surface area contributed by atoms with Gasteiger partial charge in [-0.2, -0.15) is 0 Å². The first-order chi connectivity index (χ1) is 13.5. The maximum atomic E-state index is 12.7. The number of pyridine rings is 1. The van der Waals surface area contributed by atoms with Crippen molar-refractivity contribution in [3.8, 4) is 11.3 Å². The molecule has 2 aromatic carbocycles. The summed E-state index contributed by atoms with van der Waals surface area (Å²) in [5, 5.41) is 12.1. The van der Waals surface area contributed by atoms with Crippen molar-refractivity contribution in [3.05, 3.63) is 89.7 Å². The van der Waals surface area contributed by atoms with Crippen molar-refractivity contribution in [1.29, 1.82) is 0 Å². The van der Waals surface area contributed by atoms with Crippen LogP contribution in [0.1, 0.15) is 26.3 Å². The van der Waals surface area contributed by atoms with Crippen molar-refractivity contribution in [2.24, 2.45) is 0 Å². The van der Waals surface area contributed by atoms with Gasteiger partial charge in [0.2, 0.25) is 0 Å². The number of hydrogen-bond donors (Lipinski definition) is 2. The van der Waals surface area contributed by atoms with Crippen LogP contribution in [0.15, 0.2) is 73.1 Å². The summed E-state index contributed by atoms with van der Waals surface area (Å²) < 4.78 is 1.93. The largest absolute Gasteiger partial charge is 0.478 e. The zero-order valence-corrected chi connectivity index (χ0v) is 15.1. The molecule has 2 N–H and O–H groups in total. The lowest BCUT2D eigenvalue weighted by atomic mass is 10.1. The molecule has 2 heterocycles. The number of carboxylic acids is 1. The second-order valence-electron chi connectivity index (χ2n) is 6.43. The fraction of sp³-hybridized carbons (Fsp3) is 0.0455. The van der Waals surface area contributed by atoms with Gasteiger partial charge in [-0.05, 0) is 42.8 Å². The Balaban J connectivity index is 1.68. The zero-order valence-electron chi connectivity index (χ0n) is 15.1. The molecule has 0 aliphatic heterocycles. The second kappa shape index (κ2) is 7.00. The van der Waals surface area contributed by atoms with Gasteiger partial charge in [-0.3, -0.25) is 4.79 Å². The highest BCUT2D eigenvalue weighted by Crippen LogP contribution is 2.26. The molecule has 0 aliphatic rings. The van der Waals surface area contributed by atoms with Gasteiger partial charge >= 0.3 is 5.97 Å². The van der Waals surface area contributed by atoms with Gasteiger partial charge in [0.05, 0.1) is 16.8 Å². The van der Waals surface area contributed by atoms with Gasteiger partial charge in [-0.15, -0.1) is 0 Å². The summed E-state index contributed by atoms with van der Waals surface area (Å²) in [5.74, 6) is -1.60. The summed E-state index contributed by atoms with van der Waals surface area (Å²) in [6.45, 7) is 1.88. The minimum absolute atomic E-state index is 0.0332. The number of carbonyl (C=O) groups excluding carboxylic acids is 1. The Kier molecular flexibility index (Phi) is 4.37. The maximum Gasteiger partial charge on any atom is 0.336 e. The topological polar surface area (TPSA) is 83.7 Å². The number of anilines is 1. The standard InChI is InChI=1S/C22H17N3O3/c1-14-9-10-15(19-13-25-11-5-4-8-20(25)23-19)12-18(14)24-21(26)16-6-2-3-7-17(16)22(27)28/h2-13H,1H3,(H,24,26)(H,27,28). The van der Waals surface area contributed by atoms with Gasteiger partial charge in [0.15, 0.2) is 0 Å². The van der Waals surface area contributed by atoms with Crippen molar-refractivity contribution in [2.45, 2.75) is 6.92 Å². The Labute approximate surface area is 161 Å². The third-order valence-electron chi connectivity index (χ3n) is 4.55. The van der Waals surface area contributed by atoms with Crippen LogP contribution in [0.25, 0.3) is 16.9 Å². The number of aryl methyl sites for hydroxylation is 1. The van der Waals surface area contributed by atoms with Crippen LogP contribution in [0.4, 0.5) is 5.69 Å². The normalized spacial score (nSPS) is 10.8. The van der Waals surface area contributed by atoms with E-state index in [1.807, 2.05) is 60.1 Å². The minimum atomic E-state index is -1.14. The summed E-state index contributed by atoms with van der Waals surface area (Å²) in [6.07, 6.45) is 3.84. The van der Waals surface area contributed by atoms with Crippen molar-refractivity contribution < 1.29 is 14.7 Å². The van der Waals surface area contributed by atoms with E-state index in [1.54, 1.807) is 12.1 Å². The van der Waals surface area contributed by atoms with Crippen LogP contribution in [0.5, 0.6) is 0 Å². The first-order valence-corrected chi connectivity index (χ1v) is 8.71. The molecule has 0 bridgehead atoms. The number of nitrogens with zero attached hydrogens (tertiary/aromatic N) is 2. The molecule has 0 unspecified atom stereocenters. The molecule has 4 rings (SSSR count). The summed E-state index contributed by atoms with van der Waals surface area (Å²) >= 11 is 0. The highest BCUT2D eigenvalue weighted by Gasteiger charge is 2.17. The number of aromatic carboxylic acids is 1. The van der Waals surface area contributed by atoms with Gasteiger partial charge in [0.1, 0.15) is 5.65 Å². The molecule has 0 fully saturated rings. The van der Waals surface area contributed by atoms with Crippen LogP contribution in [0, 0.1) is 6.92 Å². The van der Waals surface area contributed by atoms with Gasteiger partial charge in [-0.25, -0.2) is 9.78 Å². The van der Waals surface area contributed by atoms with Crippen molar-refractivity contribution in [3.63, 3.8) is 0 Å². The molecular weight excluding hydrogens is 354 g/mol. The molecule has 138 valence electrons. The molecule has 0 spiro atoms. The lowest BCUT2D eigenvalue weighted by molar-refractivity contribution is 0.0692. The summed E-state index contributed by atoms with van der Waals surface area (Å²) in [5.41, 5.74) is 4.04. The number of hydrogen-bond acceptors (Lipinski definition) is 3. The van der Waals surface area contributed by atoms with E-state index in [-0.39, 0.29) is 11.1 Å². The number of carboxylic acid groups (broad SMARTS) is 1. The highest BCUT2D eigenvalue weighted by atomic mass is 16.4. The third-order valence-corrected chi connectivity index (χ3v) is 4.55. The number of imidazole rings is 1. The zero-order chi connectivity index (χ0) is 19.7. The predicted molar refractivity (Wildman–Crippen MR) is 107 cm³/mol. The number of fused-ring (bicyclic) bond motifs is 1. The fourth-order valence-corrected chi connectivity index (χ4v) is 3.05. The molecule has 2 aromatic heterocycles. The lowest BCUT2D eigenvalue weighted by Gasteiger charge is -2.11. The molecule has 0 saturated heterocycles. The summed E-state index contributed by atoms with van der Waals surface area (Å²) in [7, 11) is 0. The first-order valence-electron chi connectivity index (χ1n) is 8.71. The molecular formula is C22H17N3O3. The number of aromatic nitrogens is 2. The number of rotatable bonds is 4. The second-order valence-corrected chi connectivity index (χ2v) is 6.43. The Morgan fingerprint density at radius 1 is 1.00 bits per heavy atom. The molecule has 6 nitrogen and oxygen atoms in total. The van der Waals surface area contributed by atoms with E-state index < -0.39 is 11.9 Å². The Hall–Kier alpha value is -3.93. The minimum Gasteiger partial charge on any atom is -0.478 e. The average molecular weight is 371 g/mol. The van der Waals surface area contributed by atoms with Crippen LogP contribution < -0.4 is 5.32 Å². The quantitative estimate of drug-likeness (QED) is 0.561. The summed E-state index contributed by atoms with van der Waals surface area (Å²) in [6, 6.07) is 17.6. The first kappa shape index (κ1) is 17.5. The van der Waals surface area contributed by atoms with E-state index in [0.717, 1.165) is 22.5 Å². The van der Waals surface area contributed by atoms with Crippen LogP contribution >= 0.6 is 0 Å². The van der Waals surface area contributed by atoms with Crippen LogP contribution in [-0.2, 0) is 0 Å². The van der Waals surface area contributed by atoms with Gasteiger partial charge in [-0.1, -0.05) is 30.3 Å². The van der Waals surface area contributed by atoms with E-state index in [9.17, 15) is 14.7 Å². The number of carbonyl (C=O) groups is 2. The molecule has 0 saturated carbocycles. The SMILES string of the molecule is Cc1ccc(-c2cn3ccccc3n2)cc1NC(=O)c1ccccc1C(=O)O. The van der Waals surface area contributed by atoms with Crippen molar-refractivity contribution in [2.75, 3.05) is 5.32 Å². The van der Waals surface area contributed by atoms with Gasteiger partial charge in [0, 0.05) is 23.6 Å². The molecule has 1 amide bonds. The van der Waals surface area contributed by atoms with E-state index in [2.05, 4.69) is 10.3 Å². The summed E-state index contributed by atoms with van der Waals surface area (Å²) in [4.78, 5) is 28.7. The fourth-order valence-electron chi connectivity index (χ4n) is 3.05. The Morgan fingerprint density at radius 2 is 1.75 bits per heavy atom. The Bertz CT molecular complexity index is 1180. The smallest absolute Gasteiger partial charge is 0.336 e. The van der Waals surface area contributed by atoms with E-state index in [4.69, 9.17) is 0 Å². The van der Waals surface area contributed by atoms with E-state index in [0.29, 0.717) is 5.69 Å². The molecule has 28 heavy (non-hydrogen) atoms. The highest BCUT2D eigenvalue weighted by molar-refractivity contribution is 6.11. The molecule has 6 heteroatoms. The molecule has 0 atom stereocenters.